The number of ether oxygens (including phenoxy) is 1. The van der Waals surface area contributed by atoms with Gasteiger partial charge in [0.25, 0.3) is 11.8 Å². The van der Waals surface area contributed by atoms with Crippen LogP contribution < -0.4 is 15.4 Å². The molecule has 0 atom stereocenters. The summed E-state index contributed by atoms with van der Waals surface area (Å²) in [5.41, 5.74) is 1.77. The summed E-state index contributed by atoms with van der Waals surface area (Å²) in [6, 6.07) is 12.1. The second-order valence-electron chi connectivity index (χ2n) is 6.55. The molecule has 0 spiro atoms. The average Bonchev–Trinajstić information content (AvgIpc) is 2.72. The fraction of sp³-hybridized carbons (Fsp3) is 0.273. The van der Waals surface area contributed by atoms with Gasteiger partial charge < -0.3 is 15.4 Å². The molecule has 0 unspecified atom stereocenters. The molecule has 2 aromatic rings. The topological polar surface area (TPSA) is 67.4 Å². The van der Waals surface area contributed by atoms with Crippen LogP contribution in [0.2, 0.25) is 5.02 Å². The van der Waals surface area contributed by atoms with E-state index < -0.39 is 0 Å². The average molecular weight is 431 g/mol. The molecule has 1 aliphatic heterocycles. The number of hydrogen-bond donors (Lipinski definition) is 2. The Morgan fingerprint density at radius 2 is 2.00 bits per heavy atom. The highest BCUT2D eigenvalue weighted by atomic mass is 35.5. The summed E-state index contributed by atoms with van der Waals surface area (Å²) in [5.74, 6) is 2.33. The molecule has 7 heteroatoms. The van der Waals surface area contributed by atoms with Crippen LogP contribution in [0.1, 0.15) is 35.7 Å². The standard InChI is InChI=1S/C22H23ClN2O3S/c1-2-11-29-12-3-10-24-21(26)16-6-9-19-18(14-16)25-22(27)20(28-19)13-15-4-7-17(23)8-5-15/h4-9,13-14H,2-3,10-12H2,1H3,(H,24,26)(H,25,27)/b20-13+. The highest BCUT2D eigenvalue weighted by Crippen LogP contribution is 2.32. The molecule has 5 nitrogen and oxygen atoms in total. The molecular weight excluding hydrogens is 408 g/mol. The maximum atomic E-state index is 12.4. The number of rotatable bonds is 8. The van der Waals surface area contributed by atoms with E-state index in [1.165, 1.54) is 0 Å². The molecule has 0 saturated heterocycles. The van der Waals surface area contributed by atoms with Crippen LogP contribution in [0.15, 0.2) is 48.2 Å². The maximum absolute atomic E-state index is 12.4. The van der Waals surface area contributed by atoms with Crippen LogP contribution in [0, 0.1) is 0 Å². The van der Waals surface area contributed by atoms with E-state index in [0.717, 1.165) is 29.9 Å². The smallest absolute Gasteiger partial charge is 0.291 e. The van der Waals surface area contributed by atoms with Gasteiger partial charge in [-0.05, 0) is 66.3 Å². The monoisotopic (exact) mass is 430 g/mol. The predicted octanol–water partition coefficient (Wildman–Crippen LogP) is 4.98. The summed E-state index contributed by atoms with van der Waals surface area (Å²) < 4.78 is 5.73. The zero-order valence-corrected chi connectivity index (χ0v) is 17.7. The molecule has 1 heterocycles. The number of thioether (sulfide) groups is 1. The third-order valence-electron chi connectivity index (χ3n) is 4.20. The number of anilines is 1. The minimum Gasteiger partial charge on any atom is -0.449 e. The first-order valence-electron chi connectivity index (χ1n) is 9.53. The molecule has 0 fully saturated rings. The highest BCUT2D eigenvalue weighted by Gasteiger charge is 2.23. The number of benzene rings is 2. The predicted molar refractivity (Wildman–Crippen MR) is 120 cm³/mol. The second kappa shape index (κ2) is 10.4. The van der Waals surface area contributed by atoms with Gasteiger partial charge in [-0.1, -0.05) is 30.7 Å². The molecule has 0 radical (unpaired) electrons. The fourth-order valence-corrected chi connectivity index (χ4v) is 3.70. The summed E-state index contributed by atoms with van der Waals surface area (Å²) in [7, 11) is 0. The molecule has 152 valence electrons. The van der Waals surface area contributed by atoms with Crippen molar-refractivity contribution in [1.29, 1.82) is 0 Å². The van der Waals surface area contributed by atoms with E-state index in [4.69, 9.17) is 16.3 Å². The van der Waals surface area contributed by atoms with Gasteiger partial charge in [-0.15, -0.1) is 0 Å². The van der Waals surface area contributed by atoms with Crippen molar-refractivity contribution >= 4 is 46.9 Å². The van der Waals surface area contributed by atoms with Gasteiger partial charge in [-0.3, -0.25) is 9.59 Å². The number of carbonyl (C=O) groups excluding carboxylic acids is 2. The Kier molecular flexibility index (Phi) is 7.61. The number of amides is 2. The van der Waals surface area contributed by atoms with Gasteiger partial charge in [-0.25, -0.2) is 0 Å². The maximum Gasteiger partial charge on any atom is 0.291 e. The lowest BCUT2D eigenvalue weighted by molar-refractivity contribution is -0.115. The van der Waals surface area contributed by atoms with Crippen LogP contribution >= 0.6 is 23.4 Å². The minimum atomic E-state index is -0.363. The molecule has 0 bridgehead atoms. The van der Waals surface area contributed by atoms with Gasteiger partial charge in [0.05, 0.1) is 5.69 Å². The van der Waals surface area contributed by atoms with E-state index in [1.807, 2.05) is 11.8 Å². The Labute approximate surface area is 179 Å². The van der Waals surface area contributed by atoms with Gasteiger partial charge in [-0.2, -0.15) is 11.8 Å². The Hall–Kier alpha value is -2.44. The van der Waals surface area contributed by atoms with Crippen LogP contribution in [0.25, 0.3) is 6.08 Å². The molecule has 2 N–H and O–H groups in total. The first-order chi connectivity index (χ1) is 14.1. The number of fused-ring (bicyclic) bond motifs is 1. The summed E-state index contributed by atoms with van der Waals surface area (Å²) >= 11 is 7.78. The Morgan fingerprint density at radius 1 is 1.21 bits per heavy atom. The van der Waals surface area contributed by atoms with Crippen LogP contribution in [-0.4, -0.2) is 29.9 Å². The largest absolute Gasteiger partial charge is 0.449 e. The third-order valence-corrected chi connectivity index (χ3v) is 5.73. The van der Waals surface area contributed by atoms with Crippen molar-refractivity contribution in [2.45, 2.75) is 19.8 Å². The van der Waals surface area contributed by atoms with E-state index in [-0.39, 0.29) is 17.6 Å². The summed E-state index contributed by atoms with van der Waals surface area (Å²) in [5, 5.41) is 6.32. The molecule has 0 aliphatic carbocycles. The van der Waals surface area contributed by atoms with Gasteiger partial charge in [0.15, 0.2) is 11.5 Å². The van der Waals surface area contributed by atoms with Crippen molar-refractivity contribution in [1.82, 2.24) is 5.32 Å². The number of nitrogens with one attached hydrogen (secondary N) is 2. The zero-order chi connectivity index (χ0) is 20.6. The first kappa shape index (κ1) is 21.3. The van der Waals surface area contributed by atoms with Crippen LogP contribution in [0.5, 0.6) is 5.75 Å². The quantitative estimate of drug-likeness (QED) is 0.458. The molecule has 1 aliphatic rings. The Morgan fingerprint density at radius 3 is 2.76 bits per heavy atom. The molecule has 0 aromatic heterocycles. The third kappa shape index (κ3) is 6.02. The molecule has 29 heavy (non-hydrogen) atoms. The van der Waals surface area contributed by atoms with E-state index in [1.54, 1.807) is 48.5 Å². The number of halogens is 1. The summed E-state index contributed by atoms with van der Waals surface area (Å²) in [6.45, 7) is 2.78. The normalized spacial score (nSPS) is 14.1. The van der Waals surface area contributed by atoms with Gasteiger partial charge >= 0.3 is 0 Å². The van der Waals surface area contributed by atoms with Crippen molar-refractivity contribution in [3.63, 3.8) is 0 Å². The lowest BCUT2D eigenvalue weighted by atomic mass is 10.1. The zero-order valence-electron chi connectivity index (χ0n) is 16.2. The number of hydrogen-bond acceptors (Lipinski definition) is 4. The van der Waals surface area contributed by atoms with Crippen LogP contribution in [-0.2, 0) is 4.79 Å². The molecule has 3 rings (SSSR count). The molecule has 2 amide bonds. The van der Waals surface area contributed by atoms with E-state index >= 15 is 0 Å². The van der Waals surface area contributed by atoms with Crippen molar-refractivity contribution in [3.05, 3.63) is 64.4 Å². The molecule has 0 saturated carbocycles. The van der Waals surface area contributed by atoms with Crippen LogP contribution in [0.4, 0.5) is 5.69 Å². The van der Waals surface area contributed by atoms with Crippen molar-refractivity contribution in [2.24, 2.45) is 0 Å². The SMILES string of the molecule is CCCSCCCNC(=O)c1ccc2c(c1)NC(=O)/C(=C\c1ccc(Cl)cc1)O2. The summed E-state index contributed by atoms with van der Waals surface area (Å²) in [6.07, 6.45) is 3.74. The molecular formula is C22H23ClN2O3S. The minimum absolute atomic E-state index is 0.162. The first-order valence-corrected chi connectivity index (χ1v) is 11.1. The second-order valence-corrected chi connectivity index (χ2v) is 8.21. The van der Waals surface area contributed by atoms with E-state index in [0.29, 0.717) is 28.6 Å². The van der Waals surface area contributed by atoms with E-state index in [2.05, 4.69) is 17.6 Å². The molecule has 2 aromatic carbocycles. The van der Waals surface area contributed by atoms with Gasteiger partial charge in [0.2, 0.25) is 0 Å². The van der Waals surface area contributed by atoms with Gasteiger partial charge in [0, 0.05) is 17.1 Å². The summed E-state index contributed by atoms with van der Waals surface area (Å²) in [4.78, 5) is 24.7. The van der Waals surface area contributed by atoms with Crippen molar-refractivity contribution in [2.75, 3.05) is 23.4 Å². The number of carbonyl (C=O) groups is 2. The fourth-order valence-electron chi connectivity index (χ4n) is 2.74. The highest BCUT2D eigenvalue weighted by molar-refractivity contribution is 7.99. The Bertz CT molecular complexity index is 913. The lowest BCUT2D eigenvalue weighted by Gasteiger charge is -2.20. The Balaban J connectivity index is 1.62. The van der Waals surface area contributed by atoms with Crippen LogP contribution in [0.3, 0.4) is 0 Å². The van der Waals surface area contributed by atoms with E-state index in [9.17, 15) is 9.59 Å². The van der Waals surface area contributed by atoms with Gasteiger partial charge in [0.1, 0.15) is 0 Å². The van der Waals surface area contributed by atoms with Crippen molar-refractivity contribution in [3.8, 4) is 5.75 Å². The lowest BCUT2D eigenvalue weighted by Crippen LogP contribution is -2.26. The van der Waals surface area contributed by atoms with Crippen molar-refractivity contribution < 1.29 is 14.3 Å².